The molecule has 0 saturated heterocycles. The molecule has 0 fully saturated rings. The van der Waals surface area contributed by atoms with Gasteiger partial charge in [-0.25, -0.2) is 4.39 Å². The molecule has 0 spiro atoms. The van der Waals surface area contributed by atoms with Crippen molar-refractivity contribution in [2.24, 2.45) is 0 Å². The fourth-order valence-electron chi connectivity index (χ4n) is 1.96. The summed E-state index contributed by atoms with van der Waals surface area (Å²) in [5.74, 6) is -0.577. The Morgan fingerprint density at radius 2 is 1.91 bits per heavy atom. The molecule has 0 aliphatic rings. The lowest BCUT2D eigenvalue weighted by molar-refractivity contribution is -0.141. The molecule has 0 atom stereocenters. The number of Topliss-reactive ketones (excluding diaryl/α,β-unsaturated/α-hetero) is 1. The van der Waals surface area contributed by atoms with Gasteiger partial charge < -0.3 is 0 Å². The second-order valence-electron chi connectivity index (χ2n) is 4.94. The molecule has 0 N–H and O–H groups in total. The quantitative estimate of drug-likeness (QED) is 0.620. The molecule has 2 aromatic rings. The molecule has 0 bridgehead atoms. The summed E-state index contributed by atoms with van der Waals surface area (Å²) < 4.78 is 50.3. The van der Waals surface area contributed by atoms with E-state index in [4.69, 9.17) is 0 Å². The maximum Gasteiger partial charge on any atom is 0.433 e. The smallest absolute Gasteiger partial charge is 0.294 e. The van der Waals surface area contributed by atoms with Gasteiger partial charge in [0.05, 0.1) is 0 Å². The SMILES string of the molecule is Cc1cc(C(=O)CCc2ccc(C(F)(F)F)nc2)ccc1F. The van der Waals surface area contributed by atoms with Crippen molar-refractivity contribution in [1.29, 1.82) is 0 Å². The monoisotopic (exact) mass is 311 g/mol. The number of alkyl halides is 3. The van der Waals surface area contributed by atoms with Crippen molar-refractivity contribution >= 4 is 5.78 Å². The summed E-state index contributed by atoms with van der Waals surface area (Å²) in [6.07, 6.45) is -2.95. The summed E-state index contributed by atoms with van der Waals surface area (Å²) in [5.41, 5.74) is 0.345. The predicted octanol–water partition coefficient (Wildman–Crippen LogP) is 4.36. The van der Waals surface area contributed by atoms with Gasteiger partial charge >= 0.3 is 6.18 Å². The minimum absolute atomic E-state index is 0.123. The van der Waals surface area contributed by atoms with Crippen LogP contribution in [-0.4, -0.2) is 10.8 Å². The first-order chi connectivity index (χ1) is 10.3. The number of carbonyl (C=O) groups excluding carboxylic acids is 1. The van der Waals surface area contributed by atoms with E-state index in [0.717, 1.165) is 12.3 Å². The van der Waals surface area contributed by atoms with Gasteiger partial charge in [0.2, 0.25) is 0 Å². The van der Waals surface area contributed by atoms with E-state index in [2.05, 4.69) is 4.98 Å². The highest BCUT2D eigenvalue weighted by atomic mass is 19.4. The first-order valence-electron chi connectivity index (χ1n) is 6.59. The molecule has 0 radical (unpaired) electrons. The summed E-state index contributed by atoms with van der Waals surface area (Å²) in [7, 11) is 0. The number of pyridine rings is 1. The van der Waals surface area contributed by atoms with E-state index in [0.29, 0.717) is 16.7 Å². The molecule has 2 nitrogen and oxygen atoms in total. The zero-order chi connectivity index (χ0) is 16.3. The minimum Gasteiger partial charge on any atom is -0.294 e. The number of carbonyl (C=O) groups is 1. The fraction of sp³-hybridized carbons (Fsp3) is 0.250. The number of ketones is 1. The highest BCUT2D eigenvalue weighted by molar-refractivity contribution is 5.96. The fourth-order valence-corrected chi connectivity index (χ4v) is 1.96. The third-order valence-corrected chi connectivity index (χ3v) is 3.24. The van der Waals surface area contributed by atoms with Gasteiger partial charge in [-0.3, -0.25) is 9.78 Å². The lowest BCUT2D eigenvalue weighted by atomic mass is 10.0. The Bertz CT molecular complexity index is 678. The Hall–Kier alpha value is -2.24. The molecule has 0 unspecified atom stereocenters. The predicted molar refractivity (Wildman–Crippen MR) is 73.0 cm³/mol. The molecule has 1 aromatic heterocycles. The first kappa shape index (κ1) is 16.1. The van der Waals surface area contributed by atoms with Gasteiger partial charge in [0, 0.05) is 18.2 Å². The van der Waals surface area contributed by atoms with Crippen LogP contribution in [0.15, 0.2) is 36.5 Å². The van der Waals surface area contributed by atoms with Crippen molar-refractivity contribution in [1.82, 2.24) is 4.98 Å². The Kier molecular flexibility index (Phi) is 4.59. The highest BCUT2D eigenvalue weighted by Gasteiger charge is 2.31. The van der Waals surface area contributed by atoms with Crippen LogP contribution < -0.4 is 0 Å². The normalized spacial score (nSPS) is 11.5. The topological polar surface area (TPSA) is 30.0 Å². The van der Waals surface area contributed by atoms with E-state index in [1.54, 1.807) is 6.92 Å². The maximum absolute atomic E-state index is 13.1. The number of rotatable bonds is 4. The molecular formula is C16H13F4NO. The van der Waals surface area contributed by atoms with Crippen LogP contribution in [-0.2, 0) is 12.6 Å². The summed E-state index contributed by atoms with van der Waals surface area (Å²) >= 11 is 0. The summed E-state index contributed by atoms with van der Waals surface area (Å²) in [4.78, 5) is 15.3. The lowest BCUT2D eigenvalue weighted by Crippen LogP contribution is -2.08. The molecule has 22 heavy (non-hydrogen) atoms. The minimum atomic E-state index is -4.47. The van der Waals surface area contributed by atoms with Gasteiger partial charge in [0.25, 0.3) is 0 Å². The molecule has 0 aliphatic carbocycles. The molecule has 6 heteroatoms. The van der Waals surface area contributed by atoms with Gasteiger partial charge in [0.1, 0.15) is 11.5 Å². The van der Waals surface area contributed by atoms with Crippen molar-refractivity contribution in [2.45, 2.75) is 25.9 Å². The van der Waals surface area contributed by atoms with Gasteiger partial charge in [-0.05, 0) is 48.7 Å². The van der Waals surface area contributed by atoms with Crippen molar-refractivity contribution in [3.8, 4) is 0 Å². The number of benzene rings is 1. The van der Waals surface area contributed by atoms with Crippen LogP contribution in [0.25, 0.3) is 0 Å². The molecule has 2 rings (SSSR count). The van der Waals surface area contributed by atoms with E-state index in [1.807, 2.05) is 0 Å². The van der Waals surface area contributed by atoms with Crippen molar-refractivity contribution in [2.75, 3.05) is 0 Å². The van der Waals surface area contributed by atoms with Crippen LogP contribution in [0.1, 0.15) is 33.6 Å². The number of hydrogen-bond donors (Lipinski definition) is 0. The Labute approximate surface area is 124 Å². The average molecular weight is 311 g/mol. The third kappa shape index (κ3) is 3.90. The zero-order valence-electron chi connectivity index (χ0n) is 11.7. The standard InChI is InChI=1S/C16H13F4NO/c1-10-8-12(4-5-13(10)17)14(22)6-2-11-3-7-15(21-9-11)16(18,19)20/h3-5,7-9H,2,6H2,1H3. The van der Waals surface area contributed by atoms with Crippen LogP contribution >= 0.6 is 0 Å². The molecule has 116 valence electrons. The van der Waals surface area contributed by atoms with Gasteiger partial charge in [-0.1, -0.05) is 6.07 Å². The number of nitrogens with zero attached hydrogens (tertiary/aromatic N) is 1. The molecular weight excluding hydrogens is 298 g/mol. The van der Waals surface area contributed by atoms with Gasteiger partial charge in [-0.15, -0.1) is 0 Å². The van der Waals surface area contributed by atoms with E-state index < -0.39 is 11.9 Å². The van der Waals surface area contributed by atoms with E-state index in [-0.39, 0.29) is 24.4 Å². The zero-order valence-corrected chi connectivity index (χ0v) is 11.7. The first-order valence-corrected chi connectivity index (χ1v) is 6.59. The molecule has 1 aromatic carbocycles. The largest absolute Gasteiger partial charge is 0.433 e. The summed E-state index contributed by atoms with van der Waals surface area (Å²) in [5, 5.41) is 0. The number of halogens is 4. The number of aryl methyl sites for hydroxylation is 2. The maximum atomic E-state index is 13.1. The molecule has 0 amide bonds. The molecule has 0 aliphatic heterocycles. The van der Waals surface area contributed by atoms with Crippen molar-refractivity contribution in [3.63, 3.8) is 0 Å². The van der Waals surface area contributed by atoms with Gasteiger partial charge in [0.15, 0.2) is 5.78 Å². The Morgan fingerprint density at radius 1 is 1.18 bits per heavy atom. The second kappa shape index (κ2) is 6.25. The van der Waals surface area contributed by atoms with E-state index in [1.165, 1.54) is 24.3 Å². The van der Waals surface area contributed by atoms with Crippen molar-refractivity contribution < 1.29 is 22.4 Å². The van der Waals surface area contributed by atoms with Gasteiger partial charge in [-0.2, -0.15) is 13.2 Å². The Morgan fingerprint density at radius 3 is 2.45 bits per heavy atom. The average Bonchev–Trinajstić information content (AvgIpc) is 2.47. The number of aromatic nitrogens is 1. The molecule has 1 heterocycles. The van der Waals surface area contributed by atoms with Crippen molar-refractivity contribution in [3.05, 3.63) is 64.7 Å². The Balaban J connectivity index is 2.00. The number of hydrogen-bond acceptors (Lipinski definition) is 2. The second-order valence-corrected chi connectivity index (χ2v) is 4.94. The van der Waals surface area contributed by atoms with Crippen LogP contribution in [0.2, 0.25) is 0 Å². The molecule has 0 saturated carbocycles. The third-order valence-electron chi connectivity index (χ3n) is 3.24. The highest BCUT2D eigenvalue weighted by Crippen LogP contribution is 2.27. The van der Waals surface area contributed by atoms with E-state index >= 15 is 0 Å². The lowest BCUT2D eigenvalue weighted by Gasteiger charge is -2.07. The summed E-state index contributed by atoms with van der Waals surface area (Å²) in [6, 6.07) is 6.28. The van der Waals surface area contributed by atoms with Crippen LogP contribution in [0.5, 0.6) is 0 Å². The van der Waals surface area contributed by atoms with E-state index in [9.17, 15) is 22.4 Å². The van der Waals surface area contributed by atoms with Crippen LogP contribution in [0.3, 0.4) is 0 Å². The van der Waals surface area contributed by atoms with Crippen LogP contribution in [0, 0.1) is 12.7 Å². The summed E-state index contributed by atoms with van der Waals surface area (Å²) in [6.45, 7) is 1.56. The van der Waals surface area contributed by atoms with Crippen LogP contribution in [0.4, 0.5) is 17.6 Å².